The van der Waals surface area contributed by atoms with E-state index >= 15 is 0 Å². The van der Waals surface area contributed by atoms with Gasteiger partial charge in [0.05, 0.1) is 5.69 Å². The molecule has 90 valence electrons. The molecule has 1 aliphatic heterocycles. The fraction of sp³-hybridized carbons (Fsp3) is 0.455. The smallest absolute Gasteiger partial charge is 0.260 e. The summed E-state index contributed by atoms with van der Waals surface area (Å²) in [6.45, 7) is 1.37. The van der Waals surface area contributed by atoms with E-state index in [-0.39, 0.29) is 5.89 Å². The number of rotatable bonds is 2. The molecule has 0 bridgehead atoms. The van der Waals surface area contributed by atoms with Crippen LogP contribution in [0.2, 0.25) is 0 Å². The highest BCUT2D eigenvalue weighted by Gasteiger charge is 2.37. The van der Waals surface area contributed by atoms with Gasteiger partial charge in [-0.1, -0.05) is 5.16 Å². The Hall–Kier alpha value is -1.66. The first-order valence-electron chi connectivity index (χ1n) is 5.69. The van der Waals surface area contributed by atoms with Gasteiger partial charge in [0.2, 0.25) is 5.82 Å². The Bertz CT molecular complexity index is 485. The molecule has 0 radical (unpaired) electrons. The first-order valence-corrected chi connectivity index (χ1v) is 5.69. The molecule has 1 aliphatic rings. The van der Waals surface area contributed by atoms with Gasteiger partial charge in [-0.25, -0.2) is 0 Å². The lowest BCUT2D eigenvalue weighted by Crippen LogP contribution is -2.43. The summed E-state index contributed by atoms with van der Waals surface area (Å²) in [5.41, 5.74) is -0.247. The molecular formula is C11H14N4O2. The molecule has 1 atom stereocenters. The van der Waals surface area contributed by atoms with Crippen LogP contribution in [-0.4, -0.2) is 33.3 Å². The van der Waals surface area contributed by atoms with Crippen molar-refractivity contribution in [3.05, 3.63) is 24.2 Å². The normalized spacial score (nSPS) is 25.0. The van der Waals surface area contributed by atoms with Gasteiger partial charge in [0.1, 0.15) is 0 Å². The monoisotopic (exact) mass is 234 g/mol. The quantitative estimate of drug-likeness (QED) is 0.709. The molecule has 0 saturated carbocycles. The van der Waals surface area contributed by atoms with E-state index in [4.69, 9.17) is 4.52 Å². The number of aliphatic hydroxyl groups is 1. The minimum atomic E-state index is -1.03. The molecular weight excluding hydrogens is 220 g/mol. The highest BCUT2D eigenvalue weighted by atomic mass is 16.5. The van der Waals surface area contributed by atoms with Crippen LogP contribution in [0.3, 0.4) is 0 Å². The van der Waals surface area contributed by atoms with Crippen LogP contribution in [0, 0.1) is 0 Å². The molecule has 2 aromatic rings. The zero-order chi connectivity index (χ0) is 11.7. The third-order valence-corrected chi connectivity index (χ3v) is 3.02. The average molecular weight is 234 g/mol. The van der Waals surface area contributed by atoms with E-state index in [1.807, 2.05) is 12.1 Å². The summed E-state index contributed by atoms with van der Waals surface area (Å²) in [5, 5.41) is 17.4. The number of hydrogen-bond acceptors (Lipinski definition) is 5. The third-order valence-electron chi connectivity index (χ3n) is 3.02. The van der Waals surface area contributed by atoms with Crippen LogP contribution < -0.4 is 5.32 Å². The lowest BCUT2D eigenvalue weighted by molar-refractivity contribution is -0.0167. The van der Waals surface area contributed by atoms with Gasteiger partial charge in [0, 0.05) is 12.7 Å². The van der Waals surface area contributed by atoms with Crippen molar-refractivity contribution in [3.63, 3.8) is 0 Å². The number of H-pyrrole nitrogens is 1. The average Bonchev–Trinajstić information content (AvgIpc) is 3.01. The molecule has 6 heteroatoms. The summed E-state index contributed by atoms with van der Waals surface area (Å²) in [6.07, 6.45) is 3.34. The van der Waals surface area contributed by atoms with Crippen LogP contribution in [0.5, 0.6) is 0 Å². The number of hydrogen-bond donors (Lipinski definition) is 3. The van der Waals surface area contributed by atoms with Crippen molar-refractivity contribution in [3.8, 4) is 11.5 Å². The predicted molar refractivity (Wildman–Crippen MR) is 60.1 cm³/mol. The van der Waals surface area contributed by atoms with Crippen LogP contribution in [-0.2, 0) is 5.60 Å². The standard InChI is InChI=1S/C11H14N4O2/c16-11(4-2-5-12-7-11)10-14-9(15-17-10)8-3-1-6-13-8/h1,3,6,12-13,16H,2,4-5,7H2. The minimum Gasteiger partial charge on any atom is -0.379 e. The van der Waals surface area contributed by atoms with Crippen LogP contribution in [0.25, 0.3) is 11.5 Å². The minimum absolute atomic E-state index is 0.286. The molecule has 3 rings (SSSR count). The Kier molecular flexibility index (Phi) is 2.45. The van der Waals surface area contributed by atoms with Crippen molar-refractivity contribution in [1.82, 2.24) is 20.4 Å². The molecule has 1 saturated heterocycles. The van der Waals surface area contributed by atoms with Crippen molar-refractivity contribution < 1.29 is 9.63 Å². The molecule has 0 aromatic carbocycles. The molecule has 17 heavy (non-hydrogen) atoms. The Balaban J connectivity index is 1.89. The highest BCUT2D eigenvalue weighted by Crippen LogP contribution is 2.28. The number of aromatic amines is 1. The lowest BCUT2D eigenvalue weighted by Gasteiger charge is -2.28. The number of piperidine rings is 1. The molecule has 0 aliphatic carbocycles. The number of β-amino-alcohol motifs (C(OH)–C–C–N with tert-alkyl or cyclic N) is 1. The van der Waals surface area contributed by atoms with Gasteiger partial charge < -0.3 is 19.9 Å². The number of nitrogens with one attached hydrogen (secondary N) is 2. The predicted octanol–water partition coefficient (Wildman–Crippen LogP) is 0.636. The molecule has 6 nitrogen and oxygen atoms in total. The van der Waals surface area contributed by atoms with Gasteiger partial charge in [-0.15, -0.1) is 0 Å². The van der Waals surface area contributed by atoms with Crippen LogP contribution in [0.4, 0.5) is 0 Å². The zero-order valence-corrected chi connectivity index (χ0v) is 9.31. The summed E-state index contributed by atoms with van der Waals surface area (Å²) in [5.74, 6) is 0.762. The second kappa shape index (κ2) is 3.97. The van der Waals surface area contributed by atoms with E-state index in [2.05, 4.69) is 20.4 Å². The van der Waals surface area contributed by atoms with Gasteiger partial charge in [0.15, 0.2) is 5.60 Å². The number of nitrogens with zero attached hydrogens (tertiary/aromatic N) is 2. The van der Waals surface area contributed by atoms with Crippen molar-refractivity contribution in [2.45, 2.75) is 18.4 Å². The summed E-state index contributed by atoms with van der Waals surface area (Å²) < 4.78 is 5.16. The first kappa shape index (κ1) is 10.5. The SMILES string of the molecule is OC1(c2nc(-c3ccc[nH]3)no2)CCCNC1. The van der Waals surface area contributed by atoms with Gasteiger partial charge >= 0.3 is 0 Å². The van der Waals surface area contributed by atoms with E-state index < -0.39 is 5.60 Å². The van der Waals surface area contributed by atoms with E-state index in [1.54, 1.807) is 6.20 Å². The van der Waals surface area contributed by atoms with E-state index in [1.165, 1.54) is 0 Å². The maximum absolute atomic E-state index is 10.4. The van der Waals surface area contributed by atoms with Gasteiger partial charge in [0.25, 0.3) is 5.89 Å². The van der Waals surface area contributed by atoms with Crippen molar-refractivity contribution >= 4 is 0 Å². The maximum atomic E-state index is 10.4. The summed E-state index contributed by atoms with van der Waals surface area (Å²) in [4.78, 5) is 7.25. The van der Waals surface area contributed by atoms with Crippen LogP contribution in [0.1, 0.15) is 18.7 Å². The van der Waals surface area contributed by atoms with Crippen LogP contribution >= 0.6 is 0 Å². The van der Waals surface area contributed by atoms with E-state index in [9.17, 15) is 5.11 Å². The Morgan fingerprint density at radius 1 is 1.47 bits per heavy atom. The van der Waals surface area contributed by atoms with Crippen molar-refractivity contribution in [1.29, 1.82) is 0 Å². The number of aromatic nitrogens is 3. The fourth-order valence-electron chi connectivity index (χ4n) is 2.06. The zero-order valence-electron chi connectivity index (χ0n) is 9.31. The summed E-state index contributed by atoms with van der Waals surface area (Å²) >= 11 is 0. The van der Waals surface area contributed by atoms with Gasteiger partial charge in [-0.3, -0.25) is 0 Å². The molecule has 2 aromatic heterocycles. The topological polar surface area (TPSA) is 87.0 Å². The van der Waals surface area contributed by atoms with Crippen LogP contribution in [0.15, 0.2) is 22.9 Å². The molecule has 0 amide bonds. The highest BCUT2D eigenvalue weighted by molar-refractivity contribution is 5.47. The molecule has 3 heterocycles. The Labute approximate surface area is 98.0 Å². The Morgan fingerprint density at radius 3 is 3.12 bits per heavy atom. The van der Waals surface area contributed by atoms with E-state index in [0.717, 1.165) is 18.7 Å². The largest absolute Gasteiger partial charge is 0.379 e. The molecule has 1 fully saturated rings. The van der Waals surface area contributed by atoms with Crippen molar-refractivity contribution in [2.75, 3.05) is 13.1 Å². The van der Waals surface area contributed by atoms with E-state index in [0.29, 0.717) is 18.8 Å². The molecule has 0 spiro atoms. The van der Waals surface area contributed by atoms with Gasteiger partial charge in [-0.05, 0) is 31.5 Å². The van der Waals surface area contributed by atoms with Crippen molar-refractivity contribution in [2.24, 2.45) is 0 Å². The summed E-state index contributed by atoms with van der Waals surface area (Å²) in [6, 6.07) is 3.72. The lowest BCUT2D eigenvalue weighted by atomic mass is 9.94. The maximum Gasteiger partial charge on any atom is 0.260 e. The summed E-state index contributed by atoms with van der Waals surface area (Å²) in [7, 11) is 0. The third kappa shape index (κ3) is 1.85. The molecule has 1 unspecified atom stereocenters. The fourth-order valence-corrected chi connectivity index (χ4v) is 2.06. The Morgan fingerprint density at radius 2 is 2.41 bits per heavy atom. The first-order chi connectivity index (χ1) is 8.28. The molecule has 3 N–H and O–H groups in total. The second-order valence-electron chi connectivity index (χ2n) is 4.32. The van der Waals surface area contributed by atoms with Gasteiger partial charge in [-0.2, -0.15) is 4.98 Å². The second-order valence-corrected chi connectivity index (χ2v) is 4.32.